The largest absolute Gasteiger partial charge is 0.508 e. The maximum Gasteiger partial charge on any atom is 0.115 e. The van der Waals surface area contributed by atoms with E-state index in [9.17, 15) is 10.2 Å². The van der Waals surface area contributed by atoms with Crippen LogP contribution >= 0.6 is 0 Å². The van der Waals surface area contributed by atoms with E-state index in [0.717, 1.165) is 31.5 Å². The van der Waals surface area contributed by atoms with Gasteiger partial charge in [0.2, 0.25) is 0 Å². The van der Waals surface area contributed by atoms with Crippen molar-refractivity contribution in [2.45, 2.75) is 25.0 Å². The predicted molar refractivity (Wildman–Crippen MR) is 71.6 cm³/mol. The third kappa shape index (κ3) is 3.70. The Morgan fingerprint density at radius 2 is 1.89 bits per heavy atom. The van der Waals surface area contributed by atoms with Crippen LogP contribution in [0.3, 0.4) is 0 Å². The van der Waals surface area contributed by atoms with Crippen molar-refractivity contribution >= 4 is 0 Å². The number of aliphatic hydroxyl groups excluding tert-OH is 1. The van der Waals surface area contributed by atoms with Gasteiger partial charge in [-0.1, -0.05) is 12.1 Å². The third-order valence-corrected chi connectivity index (χ3v) is 3.60. The highest BCUT2D eigenvalue weighted by atomic mass is 16.3. The number of aliphatic hydroxyl groups is 1. The van der Waals surface area contributed by atoms with Crippen LogP contribution in [0, 0.1) is 0 Å². The van der Waals surface area contributed by atoms with Gasteiger partial charge in [0.05, 0.1) is 6.10 Å². The molecule has 100 valence electrons. The van der Waals surface area contributed by atoms with Crippen molar-refractivity contribution in [3.8, 4) is 5.75 Å². The van der Waals surface area contributed by atoms with Crippen molar-refractivity contribution < 1.29 is 10.2 Å². The molecule has 0 saturated carbocycles. The van der Waals surface area contributed by atoms with E-state index >= 15 is 0 Å². The van der Waals surface area contributed by atoms with Gasteiger partial charge in [-0.05, 0) is 50.7 Å². The molecule has 18 heavy (non-hydrogen) atoms. The molecule has 4 nitrogen and oxygen atoms in total. The number of hydrogen-bond donors (Lipinski definition) is 3. The highest BCUT2D eigenvalue weighted by molar-refractivity contribution is 5.27. The van der Waals surface area contributed by atoms with Crippen LogP contribution in [0.15, 0.2) is 24.3 Å². The molecule has 1 atom stereocenters. The van der Waals surface area contributed by atoms with Gasteiger partial charge < -0.3 is 20.4 Å². The van der Waals surface area contributed by atoms with Crippen molar-refractivity contribution in [3.63, 3.8) is 0 Å². The smallest absolute Gasteiger partial charge is 0.115 e. The summed E-state index contributed by atoms with van der Waals surface area (Å²) in [6.07, 6.45) is 1.77. The van der Waals surface area contributed by atoms with Crippen LogP contribution in [0.1, 0.15) is 24.5 Å². The lowest BCUT2D eigenvalue weighted by Gasteiger charge is -2.30. The van der Waals surface area contributed by atoms with Gasteiger partial charge >= 0.3 is 0 Å². The van der Waals surface area contributed by atoms with Gasteiger partial charge in [-0.15, -0.1) is 0 Å². The number of nitrogens with zero attached hydrogens (tertiary/aromatic N) is 1. The van der Waals surface area contributed by atoms with Crippen molar-refractivity contribution in [1.29, 1.82) is 0 Å². The zero-order valence-electron chi connectivity index (χ0n) is 10.8. The number of benzene rings is 1. The number of piperidine rings is 1. The van der Waals surface area contributed by atoms with Gasteiger partial charge in [0.15, 0.2) is 0 Å². The molecular formula is C14H22N2O2. The molecule has 1 unspecified atom stereocenters. The van der Waals surface area contributed by atoms with Crippen LogP contribution in [0.5, 0.6) is 5.75 Å². The highest BCUT2D eigenvalue weighted by Crippen LogP contribution is 2.17. The minimum atomic E-state index is -0.509. The second kappa shape index (κ2) is 6.18. The molecule has 1 aromatic carbocycles. The summed E-state index contributed by atoms with van der Waals surface area (Å²) in [6.45, 7) is 2.80. The van der Waals surface area contributed by atoms with E-state index in [1.165, 1.54) is 0 Å². The van der Waals surface area contributed by atoms with Gasteiger partial charge in [-0.3, -0.25) is 0 Å². The molecule has 0 aromatic heterocycles. The minimum Gasteiger partial charge on any atom is -0.508 e. The zero-order chi connectivity index (χ0) is 13.0. The summed E-state index contributed by atoms with van der Waals surface area (Å²) in [5, 5.41) is 22.7. The summed E-state index contributed by atoms with van der Waals surface area (Å²) in [5.41, 5.74) is 0.841. The summed E-state index contributed by atoms with van der Waals surface area (Å²) in [7, 11) is 2.14. The molecule has 0 spiro atoms. The van der Waals surface area contributed by atoms with E-state index in [0.29, 0.717) is 12.6 Å². The molecule has 2 rings (SSSR count). The van der Waals surface area contributed by atoms with Crippen LogP contribution in [-0.2, 0) is 0 Å². The third-order valence-electron chi connectivity index (χ3n) is 3.60. The van der Waals surface area contributed by atoms with Gasteiger partial charge in [-0.2, -0.15) is 0 Å². The Morgan fingerprint density at radius 3 is 2.50 bits per heavy atom. The molecule has 1 aliphatic rings. The van der Waals surface area contributed by atoms with Gasteiger partial charge in [0.1, 0.15) is 5.75 Å². The van der Waals surface area contributed by atoms with Crippen LogP contribution < -0.4 is 5.32 Å². The van der Waals surface area contributed by atoms with Gasteiger partial charge in [0.25, 0.3) is 0 Å². The quantitative estimate of drug-likeness (QED) is 0.749. The van der Waals surface area contributed by atoms with Crippen molar-refractivity contribution in [1.82, 2.24) is 10.2 Å². The Hall–Kier alpha value is -1.10. The maximum absolute atomic E-state index is 10.0. The van der Waals surface area contributed by atoms with Gasteiger partial charge in [-0.25, -0.2) is 0 Å². The van der Waals surface area contributed by atoms with Crippen LogP contribution in [0.25, 0.3) is 0 Å². The number of phenols is 1. The Kier molecular flexibility index (Phi) is 4.58. The molecule has 4 heteroatoms. The first-order chi connectivity index (χ1) is 8.65. The summed E-state index contributed by atoms with van der Waals surface area (Å²) in [4.78, 5) is 2.33. The van der Waals surface area contributed by atoms with Gasteiger partial charge in [0, 0.05) is 12.6 Å². The number of hydrogen-bond acceptors (Lipinski definition) is 4. The molecule has 0 bridgehead atoms. The molecule has 1 aromatic rings. The molecule has 0 amide bonds. The number of phenolic OH excluding ortho intramolecular Hbond substituents is 1. The second-order valence-corrected chi connectivity index (χ2v) is 5.09. The monoisotopic (exact) mass is 250 g/mol. The average Bonchev–Trinajstić information content (AvgIpc) is 2.38. The first-order valence-electron chi connectivity index (χ1n) is 6.54. The van der Waals surface area contributed by atoms with Crippen LogP contribution in [0.4, 0.5) is 0 Å². The summed E-state index contributed by atoms with van der Waals surface area (Å²) in [6, 6.07) is 7.24. The lowest BCUT2D eigenvalue weighted by Crippen LogP contribution is -2.42. The SMILES string of the molecule is CN1CCC(NCC(O)c2ccc(O)cc2)CC1. The summed E-state index contributed by atoms with van der Waals surface area (Å²) in [5.74, 6) is 0.231. The molecule has 1 aliphatic heterocycles. The van der Waals surface area contributed by atoms with Crippen molar-refractivity contribution in [2.75, 3.05) is 26.7 Å². The minimum absolute atomic E-state index is 0.231. The van der Waals surface area contributed by atoms with Crippen LogP contribution in [0.2, 0.25) is 0 Å². The van der Waals surface area contributed by atoms with Crippen LogP contribution in [-0.4, -0.2) is 47.8 Å². The van der Waals surface area contributed by atoms with E-state index in [2.05, 4.69) is 17.3 Å². The van der Waals surface area contributed by atoms with E-state index in [1.54, 1.807) is 24.3 Å². The first-order valence-corrected chi connectivity index (χ1v) is 6.54. The summed E-state index contributed by atoms with van der Waals surface area (Å²) < 4.78 is 0. The van der Waals surface area contributed by atoms with E-state index in [-0.39, 0.29) is 5.75 Å². The molecular weight excluding hydrogens is 228 g/mol. The Morgan fingerprint density at radius 1 is 1.28 bits per heavy atom. The Labute approximate surface area is 108 Å². The highest BCUT2D eigenvalue weighted by Gasteiger charge is 2.17. The Balaban J connectivity index is 1.77. The first kappa shape index (κ1) is 13.3. The molecule has 3 N–H and O–H groups in total. The normalized spacial score (nSPS) is 19.9. The second-order valence-electron chi connectivity index (χ2n) is 5.09. The lowest BCUT2D eigenvalue weighted by molar-refractivity contribution is 0.157. The zero-order valence-corrected chi connectivity index (χ0v) is 10.8. The number of likely N-dealkylation sites (tertiary alicyclic amines) is 1. The number of rotatable bonds is 4. The predicted octanol–water partition coefficient (Wildman–Crippen LogP) is 1.11. The lowest BCUT2D eigenvalue weighted by atomic mass is 10.0. The molecule has 0 aliphatic carbocycles. The molecule has 0 radical (unpaired) electrons. The maximum atomic E-state index is 10.0. The Bertz CT molecular complexity index is 359. The average molecular weight is 250 g/mol. The fraction of sp³-hybridized carbons (Fsp3) is 0.571. The fourth-order valence-corrected chi connectivity index (χ4v) is 2.31. The molecule has 1 fully saturated rings. The number of nitrogens with one attached hydrogen (secondary N) is 1. The van der Waals surface area contributed by atoms with E-state index in [1.807, 2.05) is 0 Å². The molecule has 1 saturated heterocycles. The topological polar surface area (TPSA) is 55.7 Å². The fourth-order valence-electron chi connectivity index (χ4n) is 2.31. The van der Waals surface area contributed by atoms with Crippen molar-refractivity contribution in [3.05, 3.63) is 29.8 Å². The van der Waals surface area contributed by atoms with E-state index < -0.39 is 6.10 Å². The summed E-state index contributed by atoms with van der Waals surface area (Å²) >= 11 is 0. The van der Waals surface area contributed by atoms with Crippen molar-refractivity contribution in [2.24, 2.45) is 0 Å². The number of aromatic hydroxyl groups is 1. The van der Waals surface area contributed by atoms with E-state index in [4.69, 9.17) is 0 Å². The molecule has 1 heterocycles. The standard InChI is InChI=1S/C14H22N2O2/c1-16-8-6-12(7-9-16)15-10-14(18)11-2-4-13(17)5-3-11/h2-5,12,14-15,17-18H,6-10H2,1H3.